The van der Waals surface area contributed by atoms with Gasteiger partial charge in [-0.3, -0.25) is 0 Å². The van der Waals surface area contributed by atoms with E-state index in [9.17, 15) is 23.1 Å². The third kappa shape index (κ3) is 5.09. The van der Waals surface area contributed by atoms with Gasteiger partial charge in [-0.05, 0) is 55.4 Å². The van der Waals surface area contributed by atoms with Crippen molar-refractivity contribution in [1.82, 2.24) is 14.7 Å². The topological polar surface area (TPSA) is 47.0 Å². The number of aliphatic hydroxyl groups is 1. The number of amides is 2. The fourth-order valence-electron chi connectivity index (χ4n) is 5.34. The number of alkyl halides is 1. The van der Waals surface area contributed by atoms with E-state index in [4.69, 9.17) is 0 Å². The summed E-state index contributed by atoms with van der Waals surface area (Å²) in [5, 5.41) is 10.0. The third-order valence-electron chi connectivity index (χ3n) is 7.23. The molecule has 0 aromatic heterocycles. The van der Waals surface area contributed by atoms with Crippen LogP contribution in [0.1, 0.15) is 30.4 Å². The number of halogens is 3. The van der Waals surface area contributed by atoms with Crippen LogP contribution in [0, 0.1) is 11.6 Å². The highest BCUT2D eigenvalue weighted by atomic mass is 19.1. The van der Waals surface area contributed by atoms with Gasteiger partial charge in [-0.25, -0.2) is 18.0 Å². The van der Waals surface area contributed by atoms with Crippen molar-refractivity contribution in [2.24, 2.45) is 0 Å². The second kappa shape index (κ2) is 10.4. The Bertz CT molecular complexity index is 1080. The number of hydrogen-bond donors (Lipinski definition) is 1. The van der Waals surface area contributed by atoms with E-state index in [1.165, 1.54) is 0 Å². The number of carbonyl (C=O) groups excluding carboxylic acids is 1. The highest BCUT2D eigenvalue weighted by Gasteiger charge is 2.46. The molecule has 3 unspecified atom stereocenters. The molecule has 1 fully saturated rings. The molecule has 0 spiro atoms. The standard InChI is InChI=1S/C27H32F3N3O2/c1-31-12-10-23(14-22(29)18-31)32(2)26(35)33-17-19(24-15-21(28)8-9-25(24)30)16-27(33,11-13-34)20-6-4-3-5-7-20/h3-9,15-16,22-23,34H,10-14,17-18H2,1-2H3. The van der Waals surface area contributed by atoms with Gasteiger partial charge >= 0.3 is 6.03 Å². The normalized spacial score (nSPS) is 25.3. The molecule has 4 rings (SSSR count). The lowest BCUT2D eigenvalue weighted by Gasteiger charge is -2.42. The van der Waals surface area contributed by atoms with Crippen molar-refractivity contribution in [2.45, 2.75) is 37.0 Å². The predicted octanol–water partition coefficient (Wildman–Crippen LogP) is 4.43. The molecule has 0 radical (unpaired) electrons. The maximum absolute atomic E-state index is 14.7. The van der Waals surface area contributed by atoms with Crippen molar-refractivity contribution < 1.29 is 23.1 Å². The Labute approximate surface area is 204 Å². The largest absolute Gasteiger partial charge is 0.396 e. The molecule has 8 heteroatoms. The van der Waals surface area contributed by atoms with Crippen LogP contribution >= 0.6 is 0 Å². The van der Waals surface area contributed by atoms with Crippen LogP contribution in [0.25, 0.3) is 5.57 Å². The van der Waals surface area contributed by atoms with Gasteiger partial charge in [0.05, 0.1) is 5.54 Å². The van der Waals surface area contributed by atoms with Crippen molar-refractivity contribution in [1.29, 1.82) is 0 Å². The molecular formula is C27H32F3N3O2. The van der Waals surface area contributed by atoms with Gasteiger partial charge in [-0.15, -0.1) is 0 Å². The fourth-order valence-corrected chi connectivity index (χ4v) is 5.34. The van der Waals surface area contributed by atoms with E-state index in [1.807, 2.05) is 42.3 Å². The zero-order valence-electron chi connectivity index (χ0n) is 20.1. The molecule has 2 aliphatic rings. The first-order valence-electron chi connectivity index (χ1n) is 12.0. The van der Waals surface area contributed by atoms with E-state index in [2.05, 4.69) is 0 Å². The van der Waals surface area contributed by atoms with Crippen LogP contribution in [-0.4, -0.2) is 78.4 Å². The summed E-state index contributed by atoms with van der Waals surface area (Å²) in [6.07, 6.45) is 1.76. The minimum atomic E-state index is -1.06. The fraction of sp³-hybridized carbons (Fsp3) is 0.444. The molecule has 1 N–H and O–H groups in total. The number of urea groups is 1. The Kier molecular flexibility index (Phi) is 7.52. The first kappa shape index (κ1) is 25.3. The zero-order chi connectivity index (χ0) is 25.2. The Balaban J connectivity index is 1.75. The molecular weight excluding hydrogens is 455 g/mol. The first-order chi connectivity index (χ1) is 16.7. The van der Waals surface area contributed by atoms with Crippen LogP contribution in [0.4, 0.5) is 18.0 Å². The Morgan fingerprint density at radius 1 is 1.20 bits per heavy atom. The van der Waals surface area contributed by atoms with Crippen molar-refractivity contribution in [3.8, 4) is 0 Å². The maximum Gasteiger partial charge on any atom is 0.321 e. The molecule has 2 aliphatic heterocycles. The molecule has 2 heterocycles. The zero-order valence-corrected chi connectivity index (χ0v) is 20.1. The van der Waals surface area contributed by atoms with Crippen molar-refractivity contribution >= 4 is 11.6 Å². The monoisotopic (exact) mass is 487 g/mol. The van der Waals surface area contributed by atoms with E-state index in [0.717, 1.165) is 23.8 Å². The van der Waals surface area contributed by atoms with Gasteiger partial charge in [-0.1, -0.05) is 30.3 Å². The average molecular weight is 488 g/mol. The summed E-state index contributed by atoms with van der Waals surface area (Å²) in [5.74, 6) is -1.16. The van der Waals surface area contributed by atoms with Gasteiger partial charge in [0.1, 0.15) is 17.8 Å². The minimum absolute atomic E-state index is 0.0319. The number of aliphatic hydroxyl groups excluding tert-OH is 1. The lowest BCUT2D eigenvalue weighted by Crippen LogP contribution is -2.53. The molecule has 0 saturated carbocycles. The number of hydrogen-bond acceptors (Lipinski definition) is 3. The van der Waals surface area contributed by atoms with Crippen LogP contribution in [-0.2, 0) is 5.54 Å². The highest BCUT2D eigenvalue weighted by molar-refractivity contribution is 5.83. The van der Waals surface area contributed by atoms with Gasteiger partial charge in [0.15, 0.2) is 0 Å². The van der Waals surface area contributed by atoms with Crippen molar-refractivity contribution in [3.05, 3.63) is 77.4 Å². The second-order valence-electron chi connectivity index (χ2n) is 9.57. The minimum Gasteiger partial charge on any atom is -0.396 e. The first-order valence-corrected chi connectivity index (χ1v) is 12.0. The molecule has 188 valence electrons. The molecule has 1 saturated heterocycles. The molecule has 2 aromatic rings. The van der Waals surface area contributed by atoms with E-state index < -0.39 is 23.3 Å². The summed E-state index contributed by atoms with van der Waals surface area (Å²) in [6, 6.07) is 11.8. The van der Waals surface area contributed by atoms with Crippen LogP contribution in [0.2, 0.25) is 0 Å². The van der Waals surface area contributed by atoms with Crippen LogP contribution in [0.3, 0.4) is 0 Å². The van der Waals surface area contributed by atoms with E-state index in [1.54, 1.807) is 22.9 Å². The van der Waals surface area contributed by atoms with Gasteiger partial charge < -0.3 is 19.8 Å². The lowest BCUT2D eigenvalue weighted by atomic mass is 9.85. The molecule has 0 bridgehead atoms. The molecule has 0 aliphatic carbocycles. The van der Waals surface area contributed by atoms with Crippen LogP contribution in [0.15, 0.2) is 54.6 Å². The average Bonchev–Trinajstić information content (AvgIpc) is 3.14. The van der Waals surface area contributed by atoms with Crippen molar-refractivity contribution in [2.75, 3.05) is 40.3 Å². The molecule has 5 nitrogen and oxygen atoms in total. The van der Waals surface area contributed by atoms with E-state index >= 15 is 0 Å². The Morgan fingerprint density at radius 3 is 2.66 bits per heavy atom. The number of benzene rings is 2. The highest BCUT2D eigenvalue weighted by Crippen LogP contribution is 2.44. The summed E-state index contributed by atoms with van der Waals surface area (Å²) in [4.78, 5) is 19.1. The van der Waals surface area contributed by atoms with Gasteiger partial charge in [0.2, 0.25) is 0 Å². The number of carbonyl (C=O) groups is 1. The van der Waals surface area contributed by atoms with Gasteiger partial charge in [0, 0.05) is 51.2 Å². The van der Waals surface area contributed by atoms with E-state index in [-0.39, 0.29) is 43.6 Å². The number of nitrogens with zero attached hydrogens (tertiary/aromatic N) is 3. The molecule has 35 heavy (non-hydrogen) atoms. The quantitative estimate of drug-likeness (QED) is 0.679. The van der Waals surface area contributed by atoms with Crippen LogP contribution in [0.5, 0.6) is 0 Å². The van der Waals surface area contributed by atoms with Crippen molar-refractivity contribution in [3.63, 3.8) is 0 Å². The smallest absolute Gasteiger partial charge is 0.321 e. The third-order valence-corrected chi connectivity index (χ3v) is 7.23. The number of rotatable bonds is 5. The summed E-state index contributed by atoms with van der Waals surface area (Å²) >= 11 is 0. The Morgan fingerprint density at radius 2 is 1.94 bits per heavy atom. The van der Waals surface area contributed by atoms with Gasteiger partial charge in [-0.2, -0.15) is 0 Å². The molecule has 2 amide bonds. The predicted molar refractivity (Wildman–Crippen MR) is 129 cm³/mol. The van der Waals surface area contributed by atoms with Crippen LogP contribution < -0.4 is 0 Å². The molecule has 2 aromatic carbocycles. The summed E-state index contributed by atoms with van der Waals surface area (Å²) in [5.41, 5.74) is 0.240. The SMILES string of the molecule is CN1CCC(N(C)C(=O)N2CC(c3cc(F)ccc3F)=CC2(CCO)c2ccccc2)CC(F)C1. The van der Waals surface area contributed by atoms with E-state index in [0.29, 0.717) is 25.1 Å². The lowest BCUT2D eigenvalue weighted by molar-refractivity contribution is 0.0956. The maximum atomic E-state index is 14.7. The van der Waals surface area contributed by atoms with Gasteiger partial charge in [0.25, 0.3) is 0 Å². The summed E-state index contributed by atoms with van der Waals surface area (Å²) < 4.78 is 43.3. The summed E-state index contributed by atoms with van der Waals surface area (Å²) in [6.45, 7) is 0.801. The Hall–Kier alpha value is -2.84. The summed E-state index contributed by atoms with van der Waals surface area (Å²) in [7, 11) is 3.53. The second-order valence-corrected chi connectivity index (χ2v) is 9.57. The number of likely N-dealkylation sites (tertiary alicyclic amines) is 1. The molecule has 3 atom stereocenters.